The molecule has 0 aromatic heterocycles. The van der Waals surface area contributed by atoms with E-state index in [9.17, 15) is 9.59 Å². The lowest BCUT2D eigenvalue weighted by atomic mass is 9.74. The second kappa shape index (κ2) is 5.10. The Morgan fingerprint density at radius 1 is 1.31 bits per heavy atom. The summed E-state index contributed by atoms with van der Waals surface area (Å²) < 4.78 is 4.77. The lowest BCUT2D eigenvalue weighted by Gasteiger charge is -2.28. The molecular weight excluding hydrogens is 204 g/mol. The quantitative estimate of drug-likeness (QED) is 0.529. The second-order valence-electron chi connectivity index (χ2n) is 4.12. The number of ketones is 1. The van der Waals surface area contributed by atoms with E-state index in [0.29, 0.717) is 12.8 Å². The molecule has 16 heavy (non-hydrogen) atoms. The summed E-state index contributed by atoms with van der Waals surface area (Å²) >= 11 is 0. The van der Waals surface area contributed by atoms with Crippen LogP contribution in [0.15, 0.2) is 24.3 Å². The fourth-order valence-electron chi connectivity index (χ4n) is 2.12. The molecule has 0 saturated carbocycles. The summed E-state index contributed by atoms with van der Waals surface area (Å²) in [6.45, 7) is 3.31. The van der Waals surface area contributed by atoms with Crippen LogP contribution in [0.1, 0.15) is 26.7 Å². The van der Waals surface area contributed by atoms with E-state index >= 15 is 0 Å². The summed E-state index contributed by atoms with van der Waals surface area (Å²) in [4.78, 5) is 23.5. The molecule has 0 aromatic rings. The molecule has 0 heterocycles. The second-order valence-corrected chi connectivity index (χ2v) is 4.12. The van der Waals surface area contributed by atoms with E-state index in [4.69, 9.17) is 4.74 Å². The van der Waals surface area contributed by atoms with Gasteiger partial charge < -0.3 is 4.74 Å². The first-order valence-electron chi connectivity index (χ1n) is 5.51. The highest BCUT2D eigenvalue weighted by molar-refractivity contribution is 6.02. The van der Waals surface area contributed by atoms with Crippen molar-refractivity contribution in [3.63, 3.8) is 0 Å². The van der Waals surface area contributed by atoms with E-state index in [1.165, 1.54) is 14.0 Å². The molecule has 0 radical (unpaired) electrons. The van der Waals surface area contributed by atoms with Crippen LogP contribution in [0.4, 0.5) is 0 Å². The number of rotatable bonds is 5. The SMILES string of the molecule is CCC(CC1C=CC=C1)(C(C)=O)C(=O)OC. The van der Waals surface area contributed by atoms with Gasteiger partial charge in [-0.25, -0.2) is 0 Å². The van der Waals surface area contributed by atoms with Gasteiger partial charge in [-0.2, -0.15) is 0 Å². The van der Waals surface area contributed by atoms with Gasteiger partial charge >= 0.3 is 5.97 Å². The lowest BCUT2D eigenvalue weighted by molar-refractivity contribution is -0.158. The van der Waals surface area contributed by atoms with Crippen LogP contribution in [0.3, 0.4) is 0 Å². The van der Waals surface area contributed by atoms with Crippen molar-refractivity contribution in [1.29, 1.82) is 0 Å². The third kappa shape index (κ3) is 2.23. The Hall–Kier alpha value is -1.38. The minimum absolute atomic E-state index is 0.115. The van der Waals surface area contributed by atoms with E-state index < -0.39 is 11.4 Å². The molecule has 1 rings (SSSR count). The minimum atomic E-state index is -0.988. The molecule has 0 saturated heterocycles. The van der Waals surface area contributed by atoms with E-state index in [1.807, 2.05) is 31.2 Å². The number of esters is 1. The Labute approximate surface area is 96.2 Å². The van der Waals surface area contributed by atoms with Gasteiger partial charge in [-0.15, -0.1) is 0 Å². The summed E-state index contributed by atoms with van der Waals surface area (Å²) in [5.74, 6) is -0.380. The maximum Gasteiger partial charge on any atom is 0.319 e. The van der Waals surface area contributed by atoms with Gasteiger partial charge in [0.1, 0.15) is 11.2 Å². The topological polar surface area (TPSA) is 43.4 Å². The monoisotopic (exact) mass is 222 g/mol. The summed E-state index contributed by atoms with van der Waals surface area (Å²) in [7, 11) is 1.33. The predicted molar refractivity (Wildman–Crippen MR) is 61.8 cm³/mol. The van der Waals surface area contributed by atoms with Crippen LogP contribution in [0.25, 0.3) is 0 Å². The predicted octanol–water partition coefficient (Wildman–Crippen LogP) is 2.28. The smallest absolute Gasteiger partial charge is 0.319 e. The Kier molecular flexibility index (Phi) is 4.05. The third-order valence-corrected chi connectivity index (χ3v) is 3.27. The number of hydrogen-bond acceptors (Lipinski definition) is 3. The van der Waals surface area contributed by atoms with Crippen molar-refractivity contribution in [3.05, 3.63) is 24.3 Å². The molecule has 0 aromatic carbocycles. The minimum Gasteiger partial charge on any atom is -0.468 e. The van der Waals surface area contributed by atoms with Crippen LogP contribution in [-0.4, -0.2) is 18.9 Å². The summed E-state index contributed by atoms with van der Waals surface area (Å²) in [6.07, 6.45) is 8.84. The van der Waals surface area contributed by atoms with Gasteiger partial charge in [0, 0.05) is 0 Å². The van der Waals surface area contributed by atoms with Crippen molar-refractivity contribution >= 4 is 11.8 Å². The molecule has 3 nitrogen and oxygen atoms in total. The number of carbonyl (C=O) groups is 2. The van der Waals surface area contributed by atoms with Crippen LogP contribution in [0, 0.1) is 11.3 Å². The van der Waals surface area contributed by atoms with Crippen molar-refractivity contribution in [2.75, 3.05) is 7.11 Å². The fourth-order valence-corrected chi connectivity index (χ4v) is 2.12. The third-order valence-electron chi connectivity index (χ3n) is 3.27. The molecule has 1 aliphatic carbocycles. The highest BCUT2D eigenvalue weighted by atomic mass is 16.5. The van der Waals surface area contributed by atoms with Gasteiger partial charge in [-0.05, 0) is 25.7 Å². The highest BCUT2D eigenvalue weighted by Crippen LogP contribution is 2.35. The summed E-state index contributed by atoms with van der Waals surface area (Å²) in [6, 6.07) is 0. The first-order chi connectivity index (χ1) is 7.56. The average Bonchev–Trinajstić information content (AvgIpc) is 2.77. The Bertz CT molecular complexity index is 329. The number of carbonyl (C=O) groups excluding carboxylic acids is 2. The van der Waals surface area contributed by atoms with E-state index in [2.05, 4.69) is 0 Å². The Morgan fingerprint density at radius 2 is 1.88 bits per heavy atom. The Morgan fingerprint density at radius 3 is 2.25 bits per heavy atom. The molecular formula is C13H18O3. The molecule has 0 N–H and O–H groups in total. The number of methoxy groups -OCH3 is 1. The highest BCUT2D eigenvalue weighted by Gasteiger charge is 2.43. The zero-order chi connectivity index (χ0) is 12.2. The van der Waals surface area contributed by atoms with Crippen LogP contribution in [0.2, 0.25) is 0 Å². The zero-order valence-electron chi connectivity index (χ0n) is 10.0. The lowest BCUT2D eigenvalue weighted by Crippen LogP contribution is -2.39. The van der Waals surface area contributed by atoms with Gasteiger partial charge in [0.05, 0.1) is 7.11 Å². The van der Waals surface area contributed by atoms with Crippen molar-refractivity contribution in [2.24, 2.45) is 11.3 Å². The zero-order valence-corrected chi connectivity index (χ0v) is 10.0. The summed E-state index contributed by atoms with van der Waals surface area (Å²) in [5, 5.41) is 0. The van der Waals surface area contributed by atoms with E-state index in [0.717, 1.165) is 0 Å². The molecule has 0 fully saturated rings. The van der Waals surface area contributed by atoms with E-state index in [1.54, 1.807) is 0 Å². The first kappa shape index (κ1) is 12.7. The van der Waals surface area contributed by atoms with Crippen LogP contribution < -0.4 is 0 Å². The number of allylic oxidation sites excluding steroid dienone is 4. The summed E-state index contributed by atoms with van der Waals surface area (Å²) in [5.41, 5.74) is -0.988. The largest absolute Gasteiger partial charge is 0.468 e. The van der Waals surface area contributed by atoms with Crippen molar-refractivity contribution in [2.45, 2.75) is 26.7 Å². The maximum absolute atomic E-state index is 11.8. The number of Topliss-reactive ketones (excluding diaryl/α,β-unsaturated/α-hetero) is 1. The van der Waals surface area contributed by atoms with Gasteiger partial charge in [-0.3, -0.25) is 9.59 Å². The Balaban J connectivity index is 2.93. The molecule has 1 aliphatic rings. The van der Waals surface area contributed by atoms with Gasteiger partial charge in [0.2, 0.25) is 0 Å². The average molecular weight is 222 g/mol. The number of ether oxygens (including phenoxy) is 1. The molecule has 0 aliphatic heterocycles. The standard InChI is InChI=1S/C13H18O3/c1-4-13(10(2)14,12(15)16-3)9-11-7-5-6-8-11/h5-8,11H,4,9H2,1-3H3. The van der Waals surface area contributed by atoms with Gasteiger partial charge in [0.15, 0.2) is 0 Å². The van der Waals surface area contributed by atoms with Crippen LogP contribution in [0.5, 0.6) is 0 Å². The van der Waals surface area contributed by atoms with Crippen molar-refractivity contribution in [3.8, 4) is 0 Å². The van der Waals surface area contributed by atoms with Crippen molar-refractivity contribution < 1.29 is 14.3 Å². The van der Waals surface area contributed by atoms with E-state index in [-0.39, 0.29) is 11.7 Å². The number of hydrogen-bond donors (Lipinski definition) is 0. The molecule has 0 amide bonds. The van der Waals surface area contributed by atoms with Crippen molar-refractivity contribution in [1.82, 2.24) is 0 Å². The molecule has 1 atom stereocenters. The van der Waals surface area contributed by atoms with Gasteiger partial charge in [-0.1, -0.05) is 31.2 Å². The molecule has 0 spiro atoms. The molecule has 1 unspecified atom stereocenters. The van der Waals surface area contributed by atoms with Crippen LogP contribution in [-0.2, 0) is 14.3 Å². The van der Waals surface area contributed by atoms with Gasteiger partial charge in [0.25, 0.3) is 0 Å². The molecule has 0 bridgehead atoms. The van der Waals surface area contributed by atoms with Crippen LogP contribution >= 0.6 is 0 Å². The fraction of sp³-hybridized carbons (Fsp3) is 0.538. The first-order valence-corrected chi connectivity index (χ1v) is 5.51. The molecule has 88 valence electrons. The molecule has 3 heteroatoms. The maximum atomic E-state index is 11.8. The normalized spacial score (nSPS) is 18.4.